The molecule has 4 rings (SSSR count). The molecule has 0 atom stereocenters. The molecule has 1 fully saturated rings. The van der Waals surface area contributed by atoms with E-state index in [4.69, 9.17) is 4.74 Å². The first-order chi connectivity index (χ1) is 13.6. The third-order valence-electron chi connectivity index (χ3n) is 5.18. The minimum absolute atomic E-state index is 0.134. The molecule has 0 spiro atoms. The molecule has 0 bridgehead atoms. The highest BCUT2D eigenvalue weighted by Gasteiger charge is 2.22. The normalized spacial score (nSPS) is 16.1. The second kappa shape index (κ2) is 8.22. The molecular weight excluding hydrogens is 362 g/mol. The molecule has 3 aromatic rings. The Bertz CT molecular complexity index is 918. The lowest BCUT2D eigenvalue weighted by atomic mass is 10.1. The van der Waals surface area contributed by atoms with Gasteiger partial charge in [0.15, 0.2) is 0 Å². The van der Waals surface area contributed by atoms with Gasteiger partial charge in [0.1, 0.15) is 17.7 Å². The molecule has 0 unspecified atom stereocenters. The summed E-state index contributed by atoms with van der Waals surface area (Å²) in [6, 6.07) is 7.51. The van der Waals surface area contributed by atoms with Gasteiger partial charge in [-0.15, -0.1) is 0 Å². The van der Waals surface area contributed by atoms with Crippen LogP contribution in [-0.4, -0.2) is 45.1 Å². The van der Waals surface area contributed by atoms with Gasteiger partial charge in [-0.05, 0) is 38.0 Å². The van der Waals surface area contributed by atoms with Crippen LogP contribution in [0.1, 0.15) is 24.2 Å². The Kier molecular flexibility index (Phi) is 5.52. The number of hydrogen-bond acceptors (Lipinski definition) is 4. The molecule has 148 valence electrons. The van der Waals surface area contributed by atoms with Gasteiger partial charge in [-0.2, -0.15) is 0 Å². The molecule has 28 heavy (non-hydrogen) atoms. The van der Waals surface area contributed by atoms with E-state index in [1.165, 1.54) is 0 Å². The molecule has 0 N–H and O–H groups in total. The molecule has 5 nitrogen and oxygen atoms in total. The number of likely N-dealkylation sites (tertiary alicyclic amines) is 1. The summed E-state index contributed by atoms with van der Waals surface area (Å²) < 4.78 is 33.3. The van der Waals surface area contributed by atoms with Crippen molar-refractivity contribution in [3.63, 3.8) is 0 Å². The average Bonchev–Trinajstić information content (AvgIpc) is 3.08. The maximum atomic E-state index is 12.7. The Morgan fingerprint density at radius 2 is 1.89 bits per heavy atom. The highest BCUT2D eigenvalue weighted by Crippen LogP contribution is 2.29. The topological polar surface area (TPSA) is 43.2 Å². The molecule has 0 radical (unpaired) electrons. The maximum absolute atomic E-state index is 12.7. The van der Waals surface area contributed by atoms with Gasteiger partial charge in [0.25, 0.3) is 6.43 Å². The lowest BCUT2D eigenvalue weighted by molar-refractivity contribution is 0.0978. The number of rotatable bonds is 6. The number of fused-ring (bicyclic) bond motifs is 1. The Morgan fingerprint density at radius 3 is 2.61 bits per heavy atom. The molecule has 1 aromatic carbocycles. The van der Waals surface area contributed by atoms with Gasteiger partial charge in [0.2, 0.25) is 0 Å². The van der Waals surface area contributed by atoms with Crippen molar-refractivity contribution < 1.29 is 13.5 Å². The van der Waals surface area contributed by atoms with Crippen molar-refractivity contribution in [2.24, 2.45) is 0 Å². The SMILES string of the molecule is Cc1ncc(CN2CCC(Oc3cccc4c3ccn4CC(F)F)CC2)cn1. The fraction of sp³-hybridized carbons (Fsp3) is 0.429. The summed E-state index contributed by atoms with van der Waals surface area (Å²) in [4.78, 5) is 10.9. The van der Waals surface area contributed by atoms with Gasteiger partial charge in [-0.3, -0.25) is 4.90 Å². The van der Waals surface area contributed by atoms with E-state index in [1.54, 1.807) is 10.8 Å². The van der Waals surface area contributed by atoms with Crippen molar-refractivity contribution in [1.29, 1.82) is 0 Å². The van der Waals surface area contributed by atoms with Crippen molar-refractivity contribution in [3.05, 3.63) is 54.2 Å². The van der Waals surface area contributed by atoms with Crippen LogP contribution < -0.4 is 4.74 Å². The maximum Gasteiger partial charge on any atom is 0.256 e. The molecule has 0 aliphatic carbocycles. The average molecular weight is 386 g/mol. The Hall–Kier alpha value is -2.54. The predicted octanol–water partition coefficient (Wildman–Crippen LogP) is 4.05. The Morgan fingerprint density at radius 1 is 1.14 bits per heavy atom. The van der Waals surface area contributed by atoms with Gasteiger partial charge < -0.3 is 9.30 Å². The van der Waals surface area contributed by atoms with Gasteiger partial charge in [-0.25, -0.2) is 18.7 Å². The van der Waals surface area contributed by atoms with Crippen LogP contribution in [0, 0.1) is 6.92 Å². The van der Waals surface area contributed by atoms with Crippen LogP contribution in [0.5, 0.6) is 5.75 Å². The van der Waals surface area contributed by atoms with Gasteiger partial charge >= 0.3 is 0 Å². The van der Waals surface area contributed by atoms with Crippen molar-refractivity contribution in [2.45, 2.75) is 45.4 Å². The number of halogens is 2. The van der Waals surface area contributed by atoms with Crippen LogP contribution in [0.25, 0.3) is 10.9 Å². The Labute approximate surface area is 163 Å². The molecular formula is C21H24F2N4O. The van der Waals surface area contributed by atoms with Crippen LogP contribution in [0.3, 0.4) is 0 Å². The number of alkyl halides is 2. The number of aryl methyl sites for hydroxylation is 1. The molecule has 0 saturated carbocycles. The summed E-state index contributed by atoms with van der Waals surface area (Å²) >= 11 is 0. The highest BCUT2D eigenvalue weighted by atomic mass is 19.3. The molecule has 0 amide bonds. The van der Waals surface area contributed by atoms with Gasteiger partial charge in [-0.1, -0.05) is 6.07 Å². The first-order valence-electron chi connectivity index (χ1n) is 9.61. The lowest BCUT2D eigenvalue weighted by Crippen LogP contribution is -2.37. The lowest BCUT2D eigenvalue weighted by Gasteiger charge is -2.32. The number of hydrogen-bond donors (Lipinski definition) is 0. The zero-order valence-electron chi connectivity index (χ0n) is 15.9. The summed E-state index contributed by atoms with van der Waals surface area (Å²) in [6.07, 6.45) is 5.10. The van der Waals surface area contributed by atoms with E-state index in [9.17, 15) is 8.78 Å². The fourth-order valence-electron chi connectivity index (χ4n) is 3.73. The van der Waals surface area contributed by atoms with Crippen LogP contribution in [0.15, 0.2) is 42.9 Å². The second-order valence-electron chi connectivity index (χ2n) is 7.28. The number of piperidine rings is 1. The second-order valence-corrected chi connectivity index (χ2v) is 7.28. The minimum Gasteiger partial charge on any atom is -0.490 e. The first-order valence-corrected chi connectivity index (χ1v) is 9.61. The zero-order valence-corrected chi connectivity index (χ0v) is 15.9. The summed E-state index contributed by atoms with van der Waals surface area (Å²) in [6.45, 7) is 4.32. The van der Waals surface area contributed by atoms with Crippen molar-refractivity contribution in [3.8, 4) is 5.75 Å². The summed E-state index contributed by atoms with van der Waals surface area (Å²) in [5.74, 6) is 1.56. The van der Waals surface area contributed by atoms with Crippen molar-refractivity contribution in [1.82, 2.24) is 19.4 Å². The summed E-state index contributed by atoms with van der Waals surface area (Å²) in [5.41, 5.74) is 1.91. The van der Waals surface area contributed by atoms with E-state index in [2.05, 4.69) is 14.9 Å². The minimum atomic E-state index is -2.37. The van der Waals surface area contributed by atoms with Crippen LogP contribution >= 0.6 is 0 Å². The smallest absolute Gasteiger partial charge is 0.256 e. The number of aromatic nitrogens is 3. The molecule has 1 aliphatic heterocycles. The van der Waals surface area contributed by atoms with E-state index in [0.717, 1.165) is 60.5 Å². The monoisotopic (exact) mass is 386 g/mol. The summed E-state index contributed by atoms with van der Waals surface area (Å²) in [7, 11) is 0. The largest absolute Gasteiger partial charge is 0.490 e. The first kappa shape index (κ1) is 18.8. The third-order valence-corrected chi connectivity index (χ3v) is 5.18. The van der Waals surface area contributed by atoms with Crippen molar-refractivity contribution >= 4 is 10.9 Å². The number of nitrogens with zero attached hydrogens (tertiary/aromatic N) is 4. The van der Waals surface area contributed by atoms with Gasteiger partial charge in [0.05, 0.1) is 12.1 Å². The number of benzene rings is 1. The molecule has 7 heteroatoms. The Balaban J connectivity index is 1.37. The molecule has 1 aliphatic rings. The molecule has 3 heterocycles. The molecule has 1 saturated heterocycles. The van der Waals surface area contributed by atoms with E-state index < -0.39 is 6.43 Å². The third kappa shape index (κ3) is 4.30. The van der Waals surface area contributed by atoms with E-state index >= 15 is 0 Å². The molecule has 2 aromatic heterocycles. The van der Waals surface area contributed by atoms with E-state index in [1.807, 2.05) is 43.6 Å². The van der Waals surface area contributed by atoms with E-state index in [0.29, 0.717) is 0 Å². The van der Waals surface area contributed by atoms with Crippen molar-refractivity contribution in [2.75, 3.05) is 13.1 Å². The standard InChI is InChI=1S/C21H24F2N4O/c1-15-24-11-16(12-25-15)13-26-8-5-17(6-9-26)28-20-4-2-3-19-18(20)7-10-27(19)14-21(22)23/h2-4,7,10-12,17,21H,5-6,8-9,13-14H2,1H3. The quantitative estimate of drug-likeness (QED) is 0.641. The van der Waals surface area contributed by atoms with E-state index in [-0.39, 0.29) is 12.6 Å². The highest BCUT2D eigenvalue weighted by molar-refractivity contribution is 5.86. The van der Waals surface area contributed by atoms with Crippen LogP contribution in [-0.2, 0) is 13.1 Å². The zero-order chi connectivity index (χ0) is 19.5. The van der Waals surface area contributed by atoms with Crippen LogP contribution in [0.4, 0.5) is 8.78 Å². The predicted molar refractivity (Wildman–Crippen MR) is 104 cm³/mol. The fourth-order valence-corrected chi connectivity index (χ4v) is 3.73. The van der Waals surface area contributed by atoms with Gasteiger partial charge in [0, 0.05) is 49.2 Å². The number of ether oxygens (including phenoxy) is 1. The van der Waals surface area contributed by atoms with Crippen LogP contribution in [0.2, 0.25) is 0 Å². The summed E-state index contributed by atoms with van der Waals surface area (Å²) in [5, 5.41) is 0.891.